The van der Waals surface area contributed by atoms with E-state index in [0.29, 0.717) is 12.5 Å². The van der Waals surface area contributed by atoms with Gasteiger partial charge in [-0.3, -0.25) is 9.69 Å². The minimum atomic E-state index is -3.59. The lowest BCUT2D eigenvalue weighted by Crippen LogP contribution is -2.43. The molecule has 3 rings (SSSR count). The molecular weight excluding hydrogens is 402 g/mol. The number of hydrogen-bond acceptors (Lipinski definition) is 6. The molecule has 3 heterocycles. The summed E-state index contributed by atoms with van der Waals surface area (Å²) in [5.41, 5.74) is 0. The van der Waals surface area contributed by atoms with E-state index in [2.05, 4.69) is 27.7 Å². The van der Waals surface area contributed by atoms with Crippen molar-refractivity contribution in [3.63, 3.8) is 0 Å². The van der Waals surface area contributed by atoms with Gasteiger partial charge < -0.3 is 5.32 Å². The van der Waals surface area contributed by atoms with Gasteiger partial charge in [0, 0.05) is 31.6 Å². The molecule has 0 bridgehead atoms. The van der Waals surface area contributed by atoms with Gasteiger partial charge in [0.15, 0.2) is 0 Å². The molecule has 0 spiro atoms. The zero-order valence-electron chi connectivity index (χ0n) is 15.3. The van der Waals surface area contributed by atoms with Gasteiger partial charge in [0.25, 0.3) is 10.0 Å². The summed E-state index contributed by atoms with van der Waals surface area (Å²) < 4.78 is 26.1. The maximum Gasteiger partial charge on any atom is 0.252 e. The summed E-state index contributed by atoms with van der Waals surface area (Å²) in [6.45, 7) is 3.44. The van der Waals surface area contributed by atoms with Crippen LogP contribution in [0.5, 0.6) is 0 Å². The lowest BCUT2D eigenvalue weighted by molar-refractivity contribution is -0.121. The zero-order chi connectivity index (χ0) is 19.3. The molecule has 1 N–H and O–H groups in total. The number of nitrogens with zero attached hydrogens (tertiary/aromatic N) is 2. The van der Waals surface area contributed by atoms with Crippen LogP contribution in [0.2, 0.25) is 0 Å². The normalized spacial score (nSPS) is 18.7. The maximum atomic E-state index is 12.4. The van der Waals surface area contributed by atoms with Crippen molar-refractivity contribution in [2.75, 3.05) is 33.2 Å². The molecule has 1 atom stereocenters. The molecule has 6 nitrogen and oxygen atoms in total. The molecule has 1 saturated heterocycles. The third-order valence-electron chi connectivity index (χ3n) is 4.68. The first kappa shape index (κ1) is 20.5. The molecule has 0 radical (unpaired) electrons. The zero-order valence-corrected chi connectivity index (χ0v) is 17.8. The Bertz CT molecular complexity index is 819. The Balaban J connectivity index is 1.44. The lowest BCUT2D eigenvalue weighted by atomic mass is 9.98. The summed E-state index contributed by atoms with van der Waals surface area (Å²) in [7, 11) is -2.15. The first-order valence-electron chi connectivity index (χ1n) is 8.96. The average Bonchev–Trinajstić information content (AvgIpc) is 3.34. The number of rotatable bonds is 8. The number of thiophene rings is 2. The summed E-state index contributed by atoms with van der Waals surface area (Å²) >= 11 is 2.93. The molecule has 148 valence electrons. The molecule has 1 unspecified atom stereocenters. The number of likely N-dealkylation sites (N-methyl/N-ethyl adjacent to an activating group) is 1. The van der Waals surface area contributed by atoms with Gasteiger partial charge in [-0.2, -0.15) is 4.31 Å². The van der Waals surface area contributed by atoms with E-state index in [1.165, 1.54) is 11.9 Å². The largest absolute Gasteiger partial charge is 0.355 e. The smallest absolute Gasteiger partial charge is 0.252 e. The van der Waals surface area contributed by atoms with E-state index in [9.17, 15) is 13.2 Å². The summed E-state index contributed by atoms with van der Waals surface area (Å²) in [5.74, 6) is 0.148. The van der Waals surface area contributed by atoms with E-state index < -0.39 is 10.0 Å². The van der Waals surface area contributed by atoms with Crippen LogP contribution in [0.4, 0.5) is 0 Å². The molecule has 0 saturated carbocycles. The van der Waals surface area contributed by atoms with Crippen molar-refractivity contribution in [3.05, 3.63) is 39.9 Å². The van der Waals surface area contributed by atoms with Crippen LogP contribution in [0.1, 0.15) is 17.7 Å². The summed E-state index contributed by atoms with van der Waals surface area (Å²) in [6, 6.07) is 7.47. The highest BCUT2D eigenvalue weighted by Gasteiger charge is 2.25. The summed E-state index contributed by atoms with van der Waals surface area (Å²) in [6.07, 6.45) is 2.21. The highest BCUT2D eigenvalue weighted by molar-refractivity contribution is 7.91. The second-order valence-corrected chi connectivity index (χ2v) is 11.1. The summed E-state index contributed by atoms with van der Waals surface area (Å²) in [5, 5.41) is 6.72. The van der Waals surface area contributed by atoms with Crippen molar-refractivity contribution in [2.45, 2.75) is 23.6 Å². The van der Waals surface area contributed by atoms with Crippen molar-refractivity contribution in [1.82, 2.24) is 14.5 Å². The number of likely N-dealkylation sites (tertiary alicyclic amines) is 1. The molecule has 9 heteroatoms. The van der Waals surface area contributed by atoms with Crippen molar-refractivity contribution >= 4 is 38.6 Å². The standard InChI is InChI=1S/C18H25N3O3S3/c1-20(27(23,24)18-7-4-10-26-18)14-17(22)19-11-15-5-2-8-21(12-15)13-16-6-3-9-25-16/h3-4,6-7,9-10,15H,2,5,8,11-14H2,1H3,(H,19,22). The topological polar surface area (TPSA) is 69.7 Å². The first-order valence-corrected chi connectivity index (χ1v) is 12.2. The van der Waals surface area contributed by atoms with Gasteiger partial charge in [-0.1, -0.05) is 12.1 Å². The third-order valence-corrected chi connectivity index (χ3v) is 8.71. The van der Waals surface area contributed by atoms with E-state index in [1.807, 2.05) is 0 Å². The van der Waals surface area contributed by atoms with Crippen molar-refractivity contribution < 1.29 is 13.2 Å². The van der Waals surface area contributed by atoms with Crippen LogP contribution in [0.3, 0.4) is 0 Å². The number of carbonyl (C=O) groups is 1. The number of amides is 1. The highest BCUT2D eigenvalue weighted by atomic mass is 32.2. The fraction of sp³-hybridized carbons (Fsp3) is 0.500. The van der Waals surface area contributed by atoms with E-state index in [0.717, 1.165) is 48.1 Å². The molecule has 2 aromatic heterocycles. The SMILES string of the molecule is CN(CC(=O)NCC1CCCN(Cc2cccs2)C1)S(=O)(=O)c1cccs1. The molecule has 27 heavy (non-hydrogen) atoms. The van der Waals surface area contributed by atoms with Crippen LogP contribution in [-0.4, -0.2) is 56.8 Å². The number of piperidine rings is 1. The Morgan fingerprint density at radius 3 is 2.78 bits per heavy atom. The minimum absolute atomic E-state index is 0.161. The maximum absolute atomic E-state index is 12.4. The van der Waals surface area contributed by atoms with Crippen molar-refractivity contribution in [1.29, 1.82) is 0 Å². The molecule has 0 aromatic carbocycles. The van der Waals surface area contributed by atoms with Crippen LogP contribution in [-0.2, 0) is 21.4 Å². The highest BCUT2D eigenvalue weighted by Crippen LogP contribution is 2.21. The molecule has 1 aliphatic heterocycles. The molecule has 1 aliphatic rings. The molecule has 1 fully saturated rings. The lowest BCUT2D eigenvalue weighted by Gasteiger charge is -2.32. The fourth-order valence-corrected chi connectivity index (χ4v) is 6.32. The third kappa shape index (κ3) is 5.61. The Labute approximate surface area is 168 Å². The number of sulfonamides is 1. The predicted molar refractivity (Wildman–Crippen MR) is 109 cm³/mol. The van der Waals surface area contributed by atoms with Gasteiger partial charge in [0.05, 0.1) is 6.54 Å². The number of hydrogen-bond donors (Lipinski definition) is 1. The quantitative estimate of drug-likeness (QED) is 0.703. The van der Waals surface area contributed by atoms with Crippen LogP contribution in [0.25, 0.3) is 0 Å². The molecular formula is C18H25N3O3S3. The van der Waals surface area contributed by atoms with Crippen molar-refractivity contribution in [2.24, 2.45) is 5.92 Å². The van der Waals surface area contributed by atoms with Gasteiger partial charge in [-0.15, -0.1) is 22.7 Å². The molecule has 1 amide bonds. The van der Waals surface area contributed by atoms with E-state index in [-0.39, 0.29) is 16.7 Å². The van der Waals surface area contributed by atoms with Gasteiger partial charge in [-0.05, 0) is 48.2 Å². The monoisotopic (exact) mass is 427 g/mol. The number of nitrogens with one attached hydrogen (secondary N) is 1. The van der Waals surface area contributed by atoms with Gasteiger partial charge in [0.2, 0.25) is 5.91 Å². The van der Waals surface area contributed by atoms with Gasteiger partial charge in [0.1, 0.15) is 4.21 Å². The first-order chi connectivity index (χ1) is 12.9. The summed E-state index contributed by atoms with van der Waals surface area (Å²) in [4.78, 5) is 16.0. The second kappa shape index (κ2) is 9.29. The fourth-order valence-electron chi connectivity index (χ4n) is 3.25. The van der Waals surface area contributed by atoms with Crippen LogP contribution >= 0.6 is 22.7 Å². The van der Waals surface area contributed by atoms with E-state index in [4.69, 9.17) is 0 Å². The Kier molecular flexibility index (Phi) is 7.04. The van der Waals surface area contributed by atoms with Gasteiger partial charge >= 0.3 is 0 Å². The Hall–Kier alpha value is -1.26. The minimum Gasteiger partial charge on any atom is -0.355 e. The van der Waals surface area contributed by atoms with Crippen molar-refractivity contribution in [3.8, 4) is 0 Å². The van der Waals surface area contributed by atoms with Crippen LogP contribution < -0.4 is 5.32 Å². The Morgan fingerprint density at radius 2 is 2.07 bits per heavy atom. The molecule has 0 aliphatic carbocycles. The Morgan fingerprint density at radius 1 is 1.30 bits per heavy atom. The van der Waals surface area contributed by atoms with E-state index >= 15 is 0 Å². The van der Waals surface area contributed by atoms with Gasteiger partial charge in [-0.25, -0.2) is 8.42 Å². The number of carbonyl (C=O) groups excluding carboxylic acids is 1. The molecule has 2 aromatic rings. The van der Waals surface area contributed by atoms with E-state index in [1.54, 1.807) is 28.8 Å². The van der Waals surface area contributed by atoms with Crippen LogP contribution in [0, 0.1) is 5.92 Å². The van der Waals surface area contributed by atoms with Crippen LogP contribution in [0.15, 0.2) is 39.2 Å². The second-order valence-electron chi connectivity index (χ2n) is 6.82. The average molecular weight is 428 g/mol. The predicted octanol–water partition coefficient (Wildman–Crippen LogP) is 2.46.